The second-order valence-corrected chi connectivity index (χ2v) is 9.22. The van der Waals surface area contributed by atoms with E-state index in [1.54, 1.807) is 12.1 Å². The Morgan fingerprint density at radius 2 is 1.57 bits per heavy atom. The van der Waals surface area contributed by atoms with Crippen LogP contribution in [0, 0.1) is 17.6 Å². The molecule has 35 heavy (non-hydrogen) atoms. The fourth-order valence-electron chi connectivity index (χ4n) is 4.76. The summed E-state index contributed by atoms with van der Waals surface area (Å²) in [6.07, 6.45) is 5.70. The topological polar surface area (TPSA) is 18.5 Å². The first-order valence-corrected chi connectivity index (χ1v) is 12.2. The minimum atomic E-state index is -3.58. The van der Waals surface area contributed by atoms with E-state index in [-0.39, 0.29) is 17.5 Å². The van der Waals surface area contributed by atoms with Gasteiger partial charge in [-0.15, -0.1) is 0 Å². The van der Waals surface area contributed by atoms with Gasteiger partial charge >= 0.3 is 12.7 Å². The van der Waals surface area contributed by atoms with Crippen molar-refractivity contribution < 1.29 is 35.8 Å². The molecule has 0 radical (unpaired) electrons. The first-order valence-electron chi connectivity index (χ1n) is 12.2. The summed E-state index contributed by atoms with van der Waals surface area (Å²) < 4.78 is 89.6. The number of hydrogen-bond donors (Lipinski definition) is 0. The van der Waals surface area contributed by atoms with Gasteiger partial charge in [0.15, 0.2) is 17.4 Å². The summed E-state index contributed by atoms with van der Waals surface area (Å²) in [5.41, 5.74) is 0.735. The summed E-state index contributed by atoms with van der Waals surface area (Å²) in [4.78, 5) is 0. The quantitative estimate of drug-likeness (QED) is 0.213. The van der Waals surface area contributed by atoms with Crippen LogP contribution in [-0.2, 0) is 17.3 Å². The Balaban J connectivity index is 1.50. The summed E-state index contributed by atoms with van der Waals surface area (Å²) >= 11 is 0. The van der Waals surface area contributed by atoms with Gasteiger partial charge in [-0.25, -0.2) is 8.78 Å². The van der Waals surface area contributed by atoms with Gasteiger partial charge in [0.25, 0.3) is 0 Å². The van der Waals surface area contributed by atoms with Gasteiger partial charge < -0.3 is 9.47 Å². The van der Waals surface area contributed by atoms with E-state index >= 15 is 0 Å². The number of alkyl halides is 4. The van der Waals surface area contributed by atoms with Crippen molar-refractivity contribution in [1.29, 1.82) is 0 Å². The van der Waals surface area contributed by atoms with Crippen molar-refractivity contribution in [2.75, 3.05) is 6.61 Å². The van der Waals surface area contributed by atoms with Crippen LogP contribution in [-0.4, -0.2) is 13.2 Å². The Morgan fingerprint density at radius 3 is 2.14 bits per heavy atom. The van der Waals surface area contributed by atoms with Crippen LogP contribution in [0.2, 0.25) is 0 Å². The molecular formula is C27H32F6O2. The fraction of sp³-hybridized carbons (Fsp3) is 0.556. The van der Waals surface area contributed by atoms with E-state index in [0.29, 0.717) is 5.92 Å². The molecule has 2 aromatic rings. The van der Waals surface area contributed by atoms with Gasteiger partial charge in [-0.2, -0.15) is 17.6 Å². The van der Waals surface area contributed by atoms with Crippen molar-refractivity contribution in [1.82, 2.24) is 0 Å². The van der Waals surface area contributed by atoms with Crippen LogP contribution in [0.1, 0.15) is 80.9 Å². The molecular weight excluding hydrogens is 470 g/mol. The minimum absolute atomic E-state index is 0.0157. The molecule has 8 heteroatoms. The zero-order valence-corrected chi connectivity index (χ0v) is 19.9. The molecule has 0 atom stereocenters. The average Bonchev–Trinajstić information content (AvgIpc) is 2.82. The highest BCUT2D eigenvalue weighted by Gasteiger charge is 2.33. The van der Waals surface area contributed by atoms with Crippen LogP contribution in [0.25, 0.3) is 0 Å². The van der Waals surface area contributed by atoms with Crippen LogP contribution in [0.5, 0.6) is 5.75 Å². The summed E-state index contributed by atoms with van der Waals surface area (Å²) in [6.45, 7) is -1.71. The van der Waals surface area contributed by atoms with Crippen molar-refractivity contribution in [3.05, 3.63) is 64.7 Å². The molecule has 0 N–H and O–H groups in total. The van der Waals surface area contributed by atoms with Crippen LogP contribution in [0.15, 0.2) is 36.4 Å². The molecule has 1 aliphatic rings. The highest BCUT2D eigenvalue weighted by atomic mass is 19.3. The molecule has 0 unspecified atom stereocenters. The molecule has 0 amide bonds. The van der Waals surface area contributed by atoms with Crippen molar-refractivity contribution in [2.45, 2.75) is 83.3 Å². The normalized spacial score (nSPS) is 18.7. The molecule has 2 nitrogen and oxygen atoms in total. The summed E-state index contributed by atoms with van der Waals surface area (Å²) in [5.74, 6) is -2.73. The lowest BCUT2D eigenvalue weighted by Crippen LogP contribution is -2.20. The van der Waals surface area contributed by atoms with Gasteiger partial charge in [-0.05, 0) is 67.2 Å². The van der Waals surface area contributed by atoms with Gasteiger partial charge in [0.05, 0.1) is 12.2 Å². The molecule has 1 fully saturated rings. The standard InChI is InChI=1S/C27H32F6O2/c1-2-3-4-5-18-6-8-20(9-7-18)21-10-12-22(13-11-21)27(32,33)34-15-14-19-16-23(28)25(24(29)17-19)35-26(30)31/h10-13,16-18,20,26H,2-9,14-15H2,1H3. The van der Waals surface area contributed by atoms with E-state index in [4.69, 9.17) is 4.74 Å². The second-order valence-electron chi connectivity index (χ2n) is 9.22. The maximum Gasteiger partial charge on any atom is 0.387 e. The maximum absolute atomic E-state index is 14.5. The fourth-order valence-corrected chi connectivity index (χ4v) is 4.76. The van der Waals surface area contributed by atoms with Crippen LogP contribution < -0.4 is 4.74 Å². The lowest BCUT2D eigenvalue weighted by Gasteiger charge is -2.29. The third-order valence-corrected chi connectivity index (χ3v) is 6.72. The SMILES string of the molecule is CCCCCC1CCC(c2ccc(C(F)(F)OCCc3cc(F)c(OC(F)F)c(F)c3)cc2)CC1. The highest BCUT2D eigenvalue weighted by Crippen LogP contribution is 2.39. The molecule has 3 rings (SSSR count). The summed E-state index contributed by atoms with van der Waals surface area (Å²) in [5, 5.41) is 0. The molecule has 0 heterocycles. The average molecular weight is 503 g/mol. The monoisotopic (exact) mass is 502 g/mol. The van der Waals surface area contributed by atoms with Gasteiger partial charge in [-0.3, -0.25) is 0 Å². The van der Waals surface area contributed by atoms with Crippen LogP contribution in [0.4, 0.5) is 26.3 Å². The molecule has 0 saturated heterocycles. The number of rotatable bonds is 12. The second kappa shape index (κ2) is 12.7. The third-order valence-electron chi connectivity index (χ3n) is 6.72. The van der Waals surface area contributed by atoms with Gasteiger partial charge in [0.2, 0.25) is 0 Å². The van der Waals surface area contributed by atoms with Crippen molar-refractivity contribution in [2.24, 2.45) is 5.92 Å². The largest absolute Gasteiger partial charge is 0.429 e. The van der Waals surface area contributed by atoms with Crippen LogP contribution in [0.3, 0.4) is 0 Å². The minimum Gasteiger partial charge on any atom is -0.429 e. The number of unbranched alkanes of at least 4 members (excludes halogenated alkanes) is 2. The molecule has 194 valence electrons. The van der Waals surface area contributed by atoms with Gasteiger partial charge in [0, 0.05) is 0 Å². The van der Waals surface area contributed by atoms with Crippen LogP contribution >= 0.6 is 0 Å². The summed E-state index contributed by atoms with van der Waals surface area (Å²) in [7, 11) is 0. The van der Waals surface area contributed by atoms with Crippen molar-refractivity contribution >= 4 is 0 Å². The zero-order valence-electron chi connectivity index (χ0n) is 19.9. The molecule has 0 aliphatic heterocycles. The Hall–Kier alpha value is -2.22. The van der Waals surface area contributed by atoms with E-state index in [9.17, 15) is 26.3 Å². The molecule has 0 spiro atoms. The molecule has 1 saturated carbocycles. The van der Waals surface area contributed by atoms with Gasteiger partial charge in [0.1, 0.15) is 0 Å². The lowest BCUT2D eigenvalue weighted by atomic mass is 9.77. The van der Waals surface area contributed by atoms with Crippen molar-refractivity contribution in [3.63, 3.8) is 0 Å². The first kappa shape index (κ1) is 27.4. The van der Waals surface area contributed by atoms with E-state index in [2.05, 4.69) is 11.7 Å². The van der Waals surface area contributed by atoms with E-state index in [0.717, 1.165) is 36.5 Å². The Kier molecular flexibility index (Phi) is 9.89. The first-order chi connectivity index (χ1) is 16.7. The molecule has 1 aliphatic carbocycles. The molecule has 0 aromatic heterocycles. The molecule has 2 aromatic carbocycles. The summed E-state index contributed by atoms with van der Waals surface area (Å²) in [6, 6.07) is 7.69. The molecule has 0 bridgehead atoms. The third kappa shape index (κ3) is 7.89. The van der Waals surface area contributed by atoms with E-state index in [1.807, 2.05) is 0 Å². The highest BCUT2D eigenvalue weighted by molar-refractivity contribution is 5.31. The Labute approximate surface area is 202 Å². The number of benzene rings is 2. The van der Waals surface area contributed by atoms with E-state index in [1.165, 1.54) is 50.7 Å². The number of hydrogen-bond acceptors (Lipinski definition) is 2. The van der Waals surface area contributed by atoms with E-state index < -0.39 is 36.7 Å². The Bertz CT molecular complexity index is 901. The lowest BCUT2D eigenvalue weighted by molar-refractivity contribution is -0.248. The maximum atomic E-state index is 14.5. The smallest absolute Gasteiger partial charge is 0.387 e. The number of ether oxygens (including phenoxy) is 2. The predicted molar refractivity (Wildman–Crippen MR) is 122 cm³/mol. The van der Waals surface area contributed by atoms with Gasteiger partial charge in [-0.1, -0.05) is 56.9 Å². The Morgan fingerprint density at radius 1 is 0.943 bits per heavy atom. The number of halogens is 6. The zero-order chi connectivity index (χ0) is 25.4. The van der Waals surface area contributed by atoms with Crippen molar-refractivity contribution in [3.8, 4) is 5.75 Å². The predicted octanol–water partition coefficient (Wildman–Crippen LogP) is 8.73.